The lowest BCUT2D eigenvalue weighted by Gasteiger charge is -2.35. The first-order chi connectivity index (χ1) is 7.79. The summed E-state index contributed by atoms with van der Waals surface area (Å²) in [6, 6.07) is 0.570. The summed E-state index contributed by atoms with van der Waals surface area (Å²) in [5.74, 6) is 0.736. The van der Waals surface area contributed by atoms with E-state index >= 15 is 0 Å². The van der Waals surface area contributed by atoms with Gasteiger partial charge in [0.15, 0.2) is 0 Å². The van der Waals surface area contributed by atoms with Crippen LogP contribution in [0.2, 0.25) is 0 Å². The van der Waals surface area contributed by atoms with Gasteiger partial charge in [-0.15, -0.1) is 0 Å². The van der Waals surface area contributed by atoms with Crippen LogP contribution in [0.4, 0.5) is 0 Å². The van der Waals surface area contributed by atoms with Gasteiger partial charge in [0.2, 0.25) is 0 Å². The maximum atomic E-state index is 5.94. The van der Waals surface area contributed by atoms with Gasteiger partial charge in [-0.05, 0) is 44.6 Å². The second-order valence-electron chi connectivity index (χ2n) is 5.15. The Kier molecular flexibility index (Phi) is 7.06. The molecule has 0 spiro atoms. The van der Waals surface area contributed by atoms with E-state index in [1.807, 2.05) is 0 Å². The average molecular weight is 227 g/mol. The van der Waals surface area contributed by atoms with Crippen molar-refractivity contribution in [1.82, 2.24) is 5.32 Å². The maximum Gasteiger partial charge on any atom is 0.0730 e. The highest BCUT2D eigenvalue weighted by atomic mass is 16.5. The molecule has 96 valence electrons. The van der Waals surface area contributed by atoms with Crippen molar-refractivity contribution < 1.29 is 4.74 Å². The van der Waals surface area contributed by atoms with Crippen molar-refractivity contribution in [3.63, 3.8) is 0 Å². The van der Waals surface area contributed by atoms with Gasteiger partial charge >= 0.3 is 0 Å². The van der Waals surface area contributed by atoms with E-state index in [0.717, 1.165) is 19.1 Å². The van der Waals surface area contributed by atoms with E-state index in [-0.39, 0.29) is 0 Å². The minimum absolute atomic E-state index is 0.460. The molecule has 2 nitrogen and oxygen atoms in total. The zero-order valence-electron chi connectivity index (χ0n) is 11.3. The molecule has 3 unspecified atom stereocenters. The van der Waals surface area contributed by atoms with Gasteiger partial charge in [0.05, 0.1) is 6.10 Å². The third-order valence-electron chi connectivity index (χ3n) is 3.60. The second-order valence-corrected chi connectivity index (χ2v) is 5.15. The Hall–Kier alpha value is -0.0800. The van der Waals surface area contributed by atoms with Gasteiger partial charge in [0.25, 0.3) is 0 Å². The van der Waals surface area contributed by atoms with Gasteiger partial charge in [-0.25, -0.2) is 0 Å². The number of rotatable bonds is 7. The summed E-state index contributed by atoms with van der Waals surface area (Å²) >= 11 is 0. The molecule has 0 aromatic heterocycles. The lowest BCUT2D eigenvalue weighted by atomic mass is 9.89. The molecule has 3 atom stereocenters. The molecule has 1 rings (SSSR count). The minimum atomic E-state index is 0.460. The van der Waals surface area contributed by atoms with Gasteiger partial charge in [-0.3, -0.25) is 0 Å². The highest BCUT2D eigenvalue weighted by molar-refractivity contribution is 4.83. The van der Waals surface area contributed by atoms with E-state index in [0.29, 0.717) is 12.1 Å². The maximum absolute atomic E-state index is 5.94. The standard InChI is InChI=1S/C14H29NO/c1-4-8-12(3)14(15-10-5-2)13-9-6-7-11-16-13/h12-15H,4-11H2,1-3H3. The first-order valence-electron chi connectivity index (χ1n) is 7.14. The Balaban J connectivity index is 2.46. The summed E-state index contributed by atoms with van der Waals surface area (Å²) in [6.07, 6.45) is 8.09. The normalized spacial score (nSPS) is 25.3. The third kappa shape index (κ3) is 4.42. The molecule has 1 aliphatic heterocycles. The van der Waals surface area contributed by atoms with Crippen LogP contribution < -0.4 is 5.32 Å². The monoisotopic (exact) mass is 227 g/mol. The predicted octanol–water partition coefficient (Wildman–Crippen LogP) is 3.36. The van der Waals surface area contributed by atoms with Crippen LogP contribution in [0.1, 0.15) is 59.3 Å². The highest BCUT2D eigenvalue weighted by Gasteiger charge is 2.27. The van der Waals surface area contributed by atoms with Gasteiger partial charge in [0.1, 0.15) is 0 Å². The summed E-state index contributed by atoms with van der Waals surface area (Å²) < 4.78 is 5.94. The molecule has 0 bridgehead atoms. The molecule has 0 aromatic carbocycles. The fourth-order valence-electron chi connectivity index (χ4n) is 2.69. The first kappa shape index (κ1) is 14.0. The molecule has 16 heavy (non-hydrogen) atoms. The Labute approximate surface area is 101 Å². The van der Waals surface area contributed by atoms with E-state index in [2.05, 4.69) is 26.1 Å². The molecule has 1 saturated heterocycles. The van der Waals surface area contributed by atoms with Gasteiger partial charge in [-0.1, -0.05) is 27.2 Å². The molecule has 0 aromatic rings. The molecule has 2 heteroatoms. The van der Waals surface area contributed by atoms with Gasteiger partial charge in [-0.2, -0.15) is 0 Å². The average Bonchev–Trinajstić information content (AvgIpc) is 2.31. The van der Waals surface area contributed by atoms with Crippen molar-refractivity contribution in [2.75, 3.05) is 13.2 Å². The zero-order chi connectivity index (χ0) is 11.8. The number of hydrogen-bond acceptors (Lipinski definition) is 2. The SMILES string of the molecule is CCCNC(C(C)CCC)C1CCCCO1. The van der Waals surface area contributed by atoms with Crippen molar-refractivity contribution in [3.8, 4) is 0 Å². The molecule has 0 amide bonds. The molecule has 1 N–H and O–H groups in total. The fourth-order valence-corrected chi connectivity index (χ4v) is 2.69. The number of nitrogens with one attached hydrogen (secondary N) is 1. The minimum Gasteiger partial charge on any atom is -0.377 e. The van der Waals surface area contributed by atoms with Crippen LogP contribution in [0.3, 0.4) is 0 Å². The summed E-state index contributed by atoms with van der Waals surface area (Å²) in [6.45, 7) is 8.96. The van der Waals surface area contributed by atoms with Crippen LogP contribution in [0.5, 0.6) is 0 Å². The van der Waals surface area contributed by atoms with Crippen molar-refractivity contribution >= 4 is 0 Å². The van der Waals surface area contributed by atoms with Crippen LogP contribution >= 0.6 is 0 Å². The van der Waals surface area contributed by atoms with E-state index in [1.54, 1.807) is 0 Å². The summed E-state index contributed by atoms with van der Waals surface area (Å²) in [4.78, 5) is 0. The van der Waals surface area contributed by atoms with Gasteiger partial charge in [0, 0.05) is 12.6 Å². The quantitative estimate of drug-likeness (QED) is 0.720. The first-order valence-corrected chi connectivity index (χ1v) is 7.14. The molecule has 0 radical (unpaired) electrons. The molecule has 1 heterocycles. The van der Waals surface area contributed by atoms with E-state index in [1.165, 1.54) is 38.5 Å². The summed E-state index contributed by atoms with van der Waals surface area (Å²) in [5, 5.41) is 3.70. The molecule has 0 saturated carbocycles. The van der Waals surface area contributed by atoms with Crippen molar-refractivity contribution in [1.29, 1.82) is 0 Å². The predicted molar refractivity (Wildman–Crippen MR) is 69.7 cm³/mol. The lowest BCUT2D eigenvalue weighted by Crippen LogP contribution is -2.47. The zero-order valence-corrected chi connectivity index (χ0v) is 11.3. The number of ether oxygens (including phenoxy) is 1. The topological polar surface area (TPSA) is 21.3 Å². The molecule has 0 aliphatic carbocycles. The van der Waals surface area contributed by atoms with E-state index < -0.39 is 0 Å². The summed E-state index contributed by atoms with van der Waals surface area (Å²) in [5.41, 5.74) is 0. The van der Waals surface area contributed by atoms with Crippen LogP contribution in [0.25, 0.3) is 0 Å². The fraction of sp³-hybridized carbons (Fsp3) is 1.00. The Morgan fingerprint density at radius 2 is 2.06 bits per heavy atom. The molecule has 1 fully saturated rings. The molecular weight excluding hydrogens is 198 g/mol. The molecule has 1 aliphatic rings. The lowest BCUT2D eigenvalue weighted by molar-refractivity contribution is -0.0201. The van der Waals surface area contributed by atoms with E-state index in [4.69, 9.17) is 4.74 Å². The largest absolute Gasteiger partial charge is 0.377 e. The Bertz CT molecular complexity index is 166. The van der Waals surface area contributed by atoms with Crippen LogP contribution in [0, 0.1) is 5.92 Å². The third-order valence-corrected chi connectivity index (χ3v) is 3.60. The Morgan fingerprint density at radius 1 is 1.25 bits per heavy atom. The Morgan fingerprint density at radius 3 is 2.62 bits per heavy atom. The smallest absolute Gasteiger partial charge is 0.0730 e. The summed E-state index contributed by atoms with van der Waals surface area (Å²) in [7, 11) is 0. The van der Waals surface area contributed by atoms with Crippen LogP contribution in [-0.2, 0) is 4.74 Å². The van der Waals surface area contributed by atoms with Crippen molar-refractivity contribution in [3.05, 3.63) is 0 Å². The second kappa shape index (κ2) is 8.08. The van der Waals surface area contributed by atoms with Crippen molar-refractivity contribution in [2.24, 2.45) is 5.92 Å². The molecular formula is C14H29NO. The highest BCUT2D eigenvalue weighted by Crippen LogP contribution is 2.23. The van der Waals surface area contributed by atoms with Gasteiger partial charge < -0.3 is 10.1 Å². The van der Waals surface area contributed by atoms with Crippen molar-refractivity contribution in [2.45, 2.75) is 71.4 Å². The van der Waals surface area contributed by atoms with E-state index in [9.17, 15) is 0 Å². The van der Waals surface area contributed by atoms with Crippen LogP contribution in [0.15, 0.2) is 0 Å². The van der Waals surface area contributed by atoms with Crippen LogP contribution in [-0.4, -0.2) is 25.3 Å². The number of hydrogen-bond donors (Lipinski definition) is 1.